The minimum atomic E-state index is -0.725. The average Bonchev–Trinajstić information content (AvgIpc) is 2.53. The highest BCUT2D eigenvalue weighted by Gasteiger charge is 2.34. The number of amides is 2. The van der Waals surface area contributed by atoms with Gasteiger partial charge in [-0.05, 0) is 12.8 Å². The predicted molar refractivity (Wildman–Crippen MR) is 87.8 cm³/mol. The molecule has 1 aliphatic heterocycles. The van der Waals surface area contributed by atoms with E-state index in [0.29, 0.717) is 26.1 Å². The molecule has 0 aromatic heterocycles. The van der Waals surface area contributed by atoms with Crippen LogP contribution in [0.3, 0.4) is 0 Å². The monoisotopic (exact) mass is 326 g/mol. The zero-order valence-corrected chi connectivity index (χ0v) is 14.4. The van der Waals surface area contributed by atoms with Crippen molar-refractivity contribution in [3.63, 3.8) is 0 Å². The Morgan fingerprint density at radius 1 is 1.17 bits per heavy atom. The normalized spacial score (nSPS) is 17.7. The van der Waals surface area contributed by atoms with Gasteiger partial charge in [0, 0.05) is 19.5 Å². The summed E-state index contributed by atoms with van der Waals surface area (Å²) in [4.78, 5) is 37.8. The van der Waals surface area contributed by atoms with Crippen molar-refractivity contribution in [1.29, 1.82) is 0 Å². The number of piperazine rings is 1. The molecule has 2 amide bonds. The molecule has 1 rings (SSSR count). The first-order valence-electron chi connectivity index (χ1n) is 8.83. The molecular weight excluding hydrogens is 296 g/mol. The molecule has 23 heavy (non-hydrogen) atoms. The van der Waals surface area contributed by atoms with E-state index in [2.05, 4.69) is 12.2 Å². The Bertz CT molecular complexity index is 398. The average molecular weight is 326 g/mol. The second-order valence-electron chi connectivity index (χ2n) is 5.98. The third-order valence-electron chi connectivity index (χ3n) is 4.02. The van der Waals surface area contributed by atoms with Crippen LogP contribution in [0.15, 0.2) is 0 Å². The molecule has 0 aromatic carbocycles. The van der Waals surface area contributed by atoms with Crippen LogP contribution in [-0.4, -0.2) is 48.4 Å². The molecule has 0 bridgehead atoms. The minimum Gasteiger partial charge on any atom is -0.466 e. The van der Waals surface area contributed by atoms with Gasteiger partial charge in [-0.25, -0.2) is 0 Å². The van der Waals surface area contributed by atoms with E-state index in [9.17, 15) is 14.4 Å². The van der Waals surface area contributed by atoms with Crippen LogP contribution in [0.25, 0.3) is 0 Å². The highest BCUT2D eigenvalue weighted by Crippen LogP contribution is 2.14. The van der Waals surface area contributed by atoms with Gasteiger partial charge in [-0.1, -0.05) is 39.5 Å². The number of nitrogens with one attached hydrogen (secondary N) is 1. The molecular formula is C17H30N2O4. The van der Waals surface area contributed by atoms with Gasteiger partial charge in [0.2, 0.25) is 11.8 Å². The van der Waals surface area contributed by atoms with Crippen LogP contribution in [0, 0.1) is 0 Å². The number of unbranched alkanes of at least 4 members (excludes halogenated alkanes) is 4. The number of esters is 1. The molecule has 1 aliphatic rings. The molecule has 6 nitrogen and oxygen atoms in total. The third kappa shape index (κ3) is 7.01. The maximum atomic E-state index is 12.4. The number of hydrogen-bond acceptors (Lipinski definition) is 4. The molecule has 132 valence electrons. The van der Waals surface area contributed by atoms with Crippen molar-refractivity contribution in [3.8, 4) is 0 Å². The van der Waals surface area contributed by atoms with E-state index < -0.39 is 12.0 Å². The summed E-state index contributed by atoms with van der Waals surface area (Å²) in [5.41, 5.74) is 0. The van der Waals surface area contributed by atoms with Gasteiger partial charge in [-0.15, -0.1) is 0 Å². The fourth-order valence-electron chi connectivity index (χ4n) is 2.61. The lowest BCUT2D eigenvalue weighted by atomic mass is 10.1. The zero-order chi connectivity index (χ0) is 17.1. The molecule has 1 saturated heterocycles. The Labute approximate surface area is 138 Å². The largest absolute Gasteiger partial charge is 0.466 e. The molecule has 0 spiro atoms. The fourth-order valence-corrected chi connectivity index (χ4v) is 2.61. The number of ether oxygens (including phenoxy) is 1. The van der Waals surface area contributed by atoms with E-state index in [1.54, 1.807) is 4.90 Å². The smallest absolute Gasteiger partial charge is 0.308 e. The summed E-state index contributed by atoms with van der Waals surface area (Å²) in [5, 5.41) is 2.73. The van der Waals surface area contributed by atoms with Gasteiger partial charge >= 0.3 is 5.97 Å². The van der Waals surface area contributed by atoms with E-state index in [4.69, 9.17) is 4.74 Å². The molecule has 1 heterocycles. The Balaban J connectivity index is 2.51. The molecule has 0 aliphatic carbocycles. The van der Waals surface area contributed by atoms with Crippen LogP contribution in [0.1, 0.15) is 65.2 Å². The molecule has 1 fully saturated rings. The topological polar surface area (TPSA) is 75.7 Å². The van der Waals surface area contributed by atoms with Crippen LogP contribution in [0.4, 0.5) is 0 Å². The number of carbonyl (C=O) groups excluding carboxylic acids is 3. The van der Waals surface area contributed by atoms with E-state index in [1.807, 2.05) is 6.92 Å². The molecule has 1 atom stereocenters. The van der Waals surface area contributed by atoms with Crippen molar-refractivity contribution in [2.45, 2.75) is 71.3 Å². The van der Waals surface area contributed by atoms with E-state index >= 15 is 0 Å². The Morgan fingerprint density at radius 2 is 1.91 bits per heavy atom. The van der Waals surface area contributed by atoms with Crippen molar-refractivity contribution >= 4 is 17.8 Å². The van der Waals surface area contributed by atoms with Crippen molar-refractivity contribution in [1.82, 2.24) is 10.2 Å². The molecule has 0 radical (unpaired) electrons. The van der Waals surface area contributed by atoms with Crippen LogP contribution >= 0.6 is 0 Å². The molecule has 0 saturated carbocycles. The Kier molecular flexibility index (Phi) is 9.33. The van der Waals surface area contributed by atoms with Gasteiger partial charge in [-0.3, -0.25) is 14.4 Å². The van der Waals surface area contributed by atoms with Crippen LogP contribution in [0.2, 0.25) is 0 Å². The quantitative estimate of drug-likeness (QED) is 0.492. The van der Waals surface area contributed by atoms with Crippen molar-refractivity contribution < 1.29 is 19.1 Å². The first-order chi connectivity index (χ1) is 11.1. The molecule has 6 heteroatoms. The number of hydrogen-bond donors (Lipinski definition) is 1. The molecule has 0 aromatic rings. The number of nitrogens with zero attached hydrogens (tertiary/aromatic N) is 1. The van der Waals surface area contributed by atoms with Gasteiger partial charge in [0.25, 0.3) is 0 Å². The Morgan fingerprint density at radius 3 is 2.61 bits per heavy atom. The van der Waals surface area contributed by atoms with Gasteiger partial charge < -0.3 is 15.0 Å². The Hall–Kier alpha value is -1.59. The standard InChI is InChI=1S/C17H30N2O4/c1-3-5-7-8-9-15(20)19-11-10-18-17(22)14(19)13-16(21)23-12-6-4-2/h14H,3-13H2,1-2H3,(H,18,22). The maximum Gasteiger partial charge on any atom is 0.308 e. The summed E-state index contributed by atoms with van der Waals surface area (Å²) in [7, 11) is 0. The van der Waals surface area contributed by atoms with Crippen LogP contribution in [0.5, 0.6) is 0 Å². The zero-order valence-electron chi connectivity index (χ0n) is 14.4. The third-order valence-corrected chi connectivity index (χ3v) is 4.02. The highest BCUT2D eigenvalue weighted by molar-refractivity contribution is 5.91. The van der Waals surface area contributed by atoms with Gasteiger partial charge in [0.05, 0.1) is 13.0 Å². The number of carbonyl (C=O) groups is 3. The van der Waals surface area contributed by atoms with E-state index in [0.717, 1.165) is 38.5 Å². The minimum absolute atomic E-state index is 0.0395. The van der Waals surface area contributed by atoms with Gasteiger partial charge in [0.1, 0.15) is 6.04 Å². The van der Waals surface area contributed by atoms with Gasteiger partial charge in [0.15, 0.2) is 0 Å². The predicted octanol–water partition coefficient (Wildman–Crippen LogP) is 2.02. The first-order valence-corrected chi connectivity index (χ1v) is 8.83. The summed E-state index contributed by atoms with van der Waals surface area (Å²) in [6.45, 7) is 5.42. The highest BCUT2D eigenvalue weighted by atomic mass is 16.5. The van der Waals surface area contributed by atoms with Crippen LogP contribution < -0.4 is 5.32 Å². The lowest BCUT2D eigenvalue weighted by molar-refractivity contribution is -0.152. The number of rotatable bonds is 10. The fraction of sp³-hybridized carbons (Fsp3) is 0.824. The SMILES string of the molecule is CCCCCCC(=O)N1CCNC(=O)C1CC(=O)OCCCC. The van der Waals surface area contributed by atoms with Crippen molar-refractivity contribution in [2.75, 3.05) is 19.7 Å². The first kappa shape index (κ1) is 19.5. The van der Waals surface area contributed by atoms with E-state index in [-0.39, 0.29) is 18.2 Å². The van der Waals surface area contributed by atoms with Crippen LogP contribution in [-0.2, 0) is 19.1 Å². The van der Waals surface area contributed by atoms with Gasteiger partial charge in [-0.2, -0.15) is 0 Å². The van der Waals surface area contributed by atoms with Crippen molar-refractivity contribution in [3.05, 3.63) is 0 Å². The summed E-state index contributed by atoms with van der Waals surface area (Å²) >= 11 is 0. The summed E-state index contributed by atoms with van der Waals surface area (Å²) in [6.07, 6.45) is 6.21. The summed E-state index contributed by atoms with van der Waals surface area (Å²) < 4.78 is 5.12. The summed E-state index contributed by atoms with van der Waals surface area (Å²) in [6, 6.07) is -0.725. The summed E-state index contributed by atoms with van der Waals surface area (Å²) in [5.74, 6) is -0.711. The molecule has 1 N–H and O–H groups in total. The lowest BCUT2D eigenvalue weighted by Crippen LogP contribution is -2.57. The van der Waals surface area contributed by atoms with Crippen molar-refractivity contribution in [2.24, 2.45) is 0 Å². The molecule has 1 unspecified atom stereocenters. The second kappa shape index (κ2) is 11.0. The second-order valence-corrected chi connectivity index (χ2v) is 5.98. The van der Waals surface area contributed by atoms with E-state index in [1.165, 1.54) is 0 Å². The lowest BCUT2D eigenvalue weighted by Gasteiger charge is -2.34. The maximum absolute atomic E-state index is 12.4.